The Kier molecular flexibility index (Phi) is 9.36. The molecule has 0 aromatic heterocycles. The zero-order chi connectivity index (χ0) is 25.1. The largest absolute Gasteiger partial charge is 0.437 e. The summed E-state index contributed by atoms with van der Waals surface area (Å²) >= 11 is 0. The number of ether oxygens (including phenoxy) is 1. The molecule has 5 nitrogen and oxygen atoms in total. The number of halogens is 3. The topological polar surface area (TPSA) is 53.0 Å². The molecule has 0 radical (unpaired) electrons. The number of nitrogens with zero attached hydrogens (tertiary/aromatic N) is 2. The van der Waals surface area contributed by atoms with Crippen molar-refractivity contribution in [2.45, 2.75) is 69.6 Å². The minimum Gasteiger partial charge on any atom is -0.437 e. The van der Waals surface area contributed by atoms with E-state index in [1.807, 2.05) is 0 Å². The molecule has 0 bridgehead atoms. The van der Waals surface area contributed by atoms with Gasteiger partial charge in [0.25, 0.3) is 0 Å². The molecule has 1 unspecified atom stereocenters. The van der Waals surface area contributed by atoms with E-state index in [9.17, 15) is 18.7 Å². The normalized spacial score (nSPS) is 21.6. The number of unbranched alkanes of at least 4 members (excludes halogenated alkanes) is 1. The highest BCUT2D eigenvalue weighted by Crippen LogP contribution is 2.44. The Morgan fingerprint density at radius 2 is 1.47 bits per heavy atom. The number of piperidine rings is 1. The SMILES string of the molecule is CCCCN1C(=O)OC2(CCN(CCCC(c3ccc(F)cc3)c3ccc(F)cc3)CC2)C1(C)O.Cl. The first-order valence-corrected chi connectivity index (χ1v) is 12.7. The number of hydrogen-bond acceptors (Lipinski definition) is 4. The third kappa shape index (κ3) is 5.84. The van der Waals surface area contributed by atoms with E-state index in [0.717, 1.165) is 56.4 Å². The van der Waals surface area contributed by atoms with Crippen LogP contribution in [0.1, 0.15) is 69.4 Å². The van der Waals surface area contributed by atoms with E-state index in [-0.39, 0.29) is 30.0 Å². The van der Waals surface area contributed by atoms with Crippen molar-refractivity contribution in [2.75, 3.05) is 26.2 Å². The lowest BCUT2D eigenvalue weighted by Gasteiger charge is -2.45. The van der Waals surface area contributed by atoms with Crippen LogP contribution in [0.2, 0.25) is 0 Å². The van der Waals surface area contributed by atoms with E-state index in [1.54, 1.807) is 31.2 Å². The van der Waals surface area contributed by atoms with E-state index >= 15 is 0 Å². The summed E-state index contributed by atoms with van der Waals surface area (Å²) in [5, 5.41) is 11.3. The highest BCUT2D eigenvalue weighted by atomic mass is 35.5. The van der Waals surface area contributed by atoms with E-state index in [4.69, 9.17) is 4.74 Å². The molecular formula is C28H37ClF2N2O3. The molecular weight excluding hydrogens is 486 g/mol. The first-order chi connectivity index (χ1) is 16.8. The molecule has 1 spiro atoms. The quantitative estimate of drug-likeness (QED) is 0.433. The zero-order valence-electron chi connectivity index (χ0n) is 21.1. The van der Waals surface area contributed by atoms with Gasteiger partial charge in [-0.1, -0.05) is 37.6 Å². The van der Waals surface area contributed by atoms with Crippen molar-refractivity contribution < 1.29 is 23.4 Å². The smallest absolute Gasteiger partial charge is 0.412 e. The fourth-order valence-corrected chi connectivity index (χ4v) is 5.52. The minimum absolute atomic E-state index is 0. The van der Waals surface area contributed by atoms with Gasteiger partial charge in [-0.05, 0) is 68.1 Å². The summed E-state index contributed by atoms with van der Waals surface area (Å²) in [4.78, 5) is 16.3. The molecule has 8 heteroatoms. The maximum absolute atomic E-state index is 13.5. The Balaban J connectivity index is 0.00000361. The number of amides is 1. The maximum Gasteiger partial charge on any atom is 0.412 e. The van der Waals surface area contributed by atoms with Crippen molar-refractivity contribution in [1.29, 1.82) is 0 Å². The molecule has 2 aromatic rings. The molecule has 4 rings (SSSR count). The number of aliphatic hydroxyl groups is 1. The summed E-state index contributed by atoms with van der Waals surface area (Å²) in [6, 6.07) is 13.1. The monoisotopic (exact) mass is 522 g/mol. The van der Waals surface area contributed by atoms with Gasteiger partial charge >= 0.3 is 6.09 Å². The number of hydrogen-bond donors (Lipinski definition) is 1. The molecule has 0 saturated carbocycles. The van der Waals surface area contributed by atoms with Crippen LogP contribution in [0.25, 0.3) is 0 Å². The van der Waals surface area contributed by atoms with Crippen LogP contribution in [0.15, 0.2) is 48.5 Å². The summed E-state index contributed by atoms with van der Waals surface area (Å²) < 4.78 is 32.8. The average molecular weight is 523 g/mol. The van der Waals surface area contributed by atoms with E-state index in [2.05, 4.69) is 11.8 Å². The van der Waals surface area contributed by atoms with Crippen LogP contribution in [0.4, 0.5) is 13.6 Å². The Bertz CT molecular complexity index is 947. The van der Waals surface area contributed by atoms with Gasteiger partial charge in [0.05, 0.1) is 0 Å². The number of likely N-dealkylation sites (tertiary alicyclic amines) is 1. The second kappa shape index (κ2) is 11.9. The van der Waals surface area contributed by atoms with Gasteiger partial charge in [0.1, 0.15) is 11.6 Å². The molecule has 0 aliphatic carbocycles. The molecule has 2 fully saturated rings. The van der Waals surface area contributed by atoms with Crippen molar-refractivity contribution >= 4 is 18.5 Å². The minimum atomic E-state index is -1.30. The average Bonchev–Trinajstić information content (AvgIpc) is 3.02. The van der Waals surface area contributed by atoms with Crippen LogP contribution < -0.4 is 0 Å². The van der Waals surface area contributed by atoms with Crippen molar-refractivity contribution in [3.05, 3.63) is 71.3 Å². The molecule has 198 valence electrons. The van der Waals surface area contributed by atoms with Crippen molar-refractivity contribution in [3.63, 3.8) is 0 Å². The Hall–Kier alpha value is -2.22. The van der Waals surface area contributed by atoms with Gasteiger partial charge < -0.3 is 14.7 Å². The highest BCUT2D eigenvalue weighted by molar-refractivity contribution is 5.85. The van der Waals surface area contributed by atoms with E-state index in [1.165, 1.54) is 29.2 Å². The van der Waals surface area contributed by atoms with Crippen molar-refractivity contribution in [1.82, 2.24) is 9.80 Å². The molecule has 2 saturated heterocycles. The molecule has 2 aromatic carbocycles. The van der Waals surface area contributed by atoms with Crippen LogP contribution in [-0.4, -0.2) is 58.5 Å². The van der Waals surface area contributed by atoms with E-state index < -0.39 is 17.4 Å². The van der Waals surface area contributed by atoms with Crippen LogP contribution >= 0.6 is 12.4 Å². The Labute approximate surface area is 218 Å². The molecule has 1 amide bonds. The summed E-state index contributed by atoms with van der Waals surface area (Å²) in [6.45, 7) is 6.61. The van der Waals surface area contributed by atoms with Gasteiger partial charge in [-0.25, -0.2) is 13.6 Å². The number of carbonyl (C=O) groups is 1. The third-order valence-electron chi connectivity index (χ3n) is 7.80. The van der Waals surface area contributed by atoms with Gasteiger partial charge in [0, 0.05) is 38.4 Å². The Morgan fingerprint density at radius 3 is 1.97 bits per heavy atom. The molecule has 36 heavy (non-hydrogen) atoms. The van der Waals surface area contributed by atoms with Crippen LogP contribution in [0, 0.1) is 11.6 Å². The number of benzene rings is 2. The second-order valence-electron chi connectivity index (χ2n) is 10.0. The van der Waals surface area contributed by atoms with Gasteiger partial charge in [-0.15, -0.1) is 12.4 Å². The zero-order valence-corrected chi connectivity index (χ0v) is 21.9. The summed E-state index contributed by atoms with van der Waals surface area (Å²) in [5.41, 5.74) is -0.144. The van der Waals surface area contributed by atoms with Crippen LogP contribution in [0.5, 0.6) is 0 Å². The van der Waals surface area contributed by atoms with Crippen LogP contribution in [0.3, 0.4) is 0 Å². The third-order valence-corrected chi connectivity index (χ3v) is 7.80. The molecule has 2 aliphatic rings. The standard InChI is InChI=1S/C28H36F2N2O3.ClH/c1-3-4-18-32-26(33)35-28(27(32,2)34)15-19-31(20-16-28)17-5-6-25(21-7-11-23(29)12-8-21)22-9-13-24(30)14-10-22;/h7-14,25,34H,3-6,15-20H2,1-2H3;1H. The lowest BCUT2D eigenvalue weighted by atomic mass is 9.81. The fraction of sp³-hybridized carbons (Fsp3) is 0.536. The molecule has 1 atom stereocenters. The number of carbonyl (C=O) groups excluding carboxylic acids is 1. The fourth-order valence-electron chi connectivity index (χ4n) is 5.52. The van der Waals surface area contributed by atoms with Crippen molar-refractivity contribution in [2.24, 2.45) is 0 Å². The predicted octanol–water partition coefficient (Wildman–Crippen LogP) is 6.09. The molecule has 2 aliphatic heterocycles. The first-order valence-electron chi connectivity index (χ1n) is 12.7. The highest BCUT2D eigenvalue weighted by Gasteiger charge is 2.62. The van der Waals surface area contributed by atoms with Crippen molar-refractivity contribution in [3.8, 4) is 0 Å². The van der Waals surface area contributed by atoms with Gasteiger partial charge in [0.15, 0.2) is 11.3 Å². The summed E-state index contributed by atoms with van der Waals surface area (Å²) in [5.74, 6) is -0.493. The van der Waals surface area contributed by atoms with Gasteiger partial charge in [-0.2, -0.15) is 0 Å². The lowest BCUT2D eigenvalue weighted by Crippen LogP contribution is -2.60. The first kappa shape index (κ1) is 28.4. The van der Waals surface area contributed by atoms with E-state index in [0.29, 0.717) is 19.4 Å². The van der Waals surface area contributed by atoms with Crippen LogP contribution in [-0.2, 0) is 4.74 Å². The lowest BCUT2D eigenvalue weighted by molar-refractivity contribution is -0.165. The predicted molar refractivity (Wildman–Crippen MR) is 138 cm³/mol. The summed E-state index contributed by atoms with van der Waals surface area (Å²) in [7, 11) is 0. The second-order valence-corrected chi connectivity index (χ2v) is 10.0. The van der Waals surface area contributed by atoms with Gasteiger partial charge in [-0.3, -0.25) is 4.90 Å². The molecule has 2 heterocycles. The molecule has 1 N–H and O–H groups in total. The number of rotatable bonds is 9. The summed E-state index contributed by atoms with van der Waals surface area (Å²) in [6.07, 6.45) is 4.29. The van der Waals surface area contributed by atoms with Gasteiger partial charge in [0.2, 0.25) is 0 Å². The maximum atomic E-state index is 13.5. The Morgan fingerprint density at radius 1 is 0.944 bits per heavy atom.